The molecule has 2 fully saturated rings. The maximum atomic E-state index is 12.8. The van der Waals surface area contributed by atoms with Crippen LogP contribution in [0.4, 0.5) is 0 Å². The van der Waals surface area contributed by atoms with Crippen molar-refractivity contribution >= 4 is 11.9 Å². The molecule has 0 amide bonds. The average Bonchev–Trinajstić information content (AvgIpc) is 3.05. The number of carbonyl (C=O) groups is 2. The molecule has 2 heterocycles. The first kappa shape index (κ1) is 42.6. The zero-order valence-corrected chi connectivity index (χ0v) is 34.2. The molecule has 0 aromatic heterocycles. The Kier molecular flexibility index (Phi) is 13.1. The quantitative estimate of drug-likeness (QED) is 0.209. The van der Waals surface area contributed by atoms with Gasteiger partial charge in [-0.05, 0) is 71.9 Å². The lowest BCUT2D eigenvalue weighted by atomic mass is 9.81. The minimum atomic E-state index is -0.591. The van der Waals surface area contributed by atoms with Crippen LogP contribution >= 0.6 is 0 Å². The minimum absolute atomic E-state index is 0.139. The van der Waals surface area contributed by atoms with Crippen LogP contribution in [0.15, 0.2) is 24.3 Å². The molecule has 2 aliphatic heterocycles. The summed E-state index contributed by atoms with van der Waals surface area (Å²) >= 11 is 0. The molecule has 0 unspecified atom stereocenters. The Labute approximate surface area is 316 Å². The highest BCUT2D eigenvalue weighted by Crippen LogP contribution is 2.40. The summed E-state index contributed by atoms with van der Waals surface area (Å²) in [7, 11) is 0. The van der Waals surface area contributed by atoms with E-state index in [0.29, 0.717) is 39.3 Å². The molecule has 2 N–H and O–H groups in total. The number of hydrogen-bond acceptors (Lipinski definition) is 10. The van der Waals surface area contributed by atoms with Gasteiger partial charge in [0.15, 0.2) is 12.6 Å². The lowest BCUT2D eigenvalue weighted by molar-refractivity contribution is -0.337. The topological polar surface area (TPSA) is 130 Å². The van der Waals surface area contributed by atoms with E-state index in [-0.39, 0.29) is 60.3 Å². The third kappa shape index (κ3) is 10.5. The molecule has 10 nitrogen and oxygen atoms in total. The number of hydrogen-bond donors (Lipinski definition) is 2. The van der Waals surface area contributed by atoms with Gasteiger partial charge in [0, 0.05) is 34.8 Å². The van der Waals surface area contributed by atoms with Crippen molar-refractivity contribution in [3.8, 4) is 11.5 Å². The first-order valence-corrected chi connectivity index (χ1v) is 18.9. The van der Waals surface area contributed by atoms with Gasteiger partial charge in [0.05, 0.1) is 31.8 Å². The lowest BCUT2D eigenvalue weighted by Gasteiger charge is -2.48. The van der Waals surface area contributed by atoms with Crippen molar-refractivity contribution in [2.45, 2.75) is 132 Å². The summed E-state index contributed by atoms with van der Waals surface area (Å²) in [6.45, 7) is 25.9. The summed E-state index contributed by atoms with van der Waals surface area (Å²) < 4.78 is 36.2. The predicted molar refractivity (Wildman–Crippen MR) is 203 cm³/mol. The van der Waals surface area contributed by atoms with Gasteiger partial charge in [-0.25, -0.2) is 0 Å². The zero-order chi connectivity index (χ0) is 39.6. The van der Waals surface area contributed by atoms with Crippen molar-refractivity contribution in [2.24, 2.45) is 16.2 Å². The van der Waals surface area contributed by atoms with Gasteiger partial charge in [0.2, 0.25) is 0 Å². The van der Waals surface area contributed by atoms with Crippen molar-refractivity contribution < 1.29 is 48.2 Å². The molecule has 0 radical (unpaired) electrons. The van der Waals surface area contributed by atoms with Crippen molar-refractivity contribution in [3.05, 3.63) is 57.6 Å². The van der Waals surface area contributed by atoms with Gasteiger partial charge in [0.1, 0.15) is 24.7 Å². The normalized spacial score (nSPS) is 21.4. The molecule has 0 bridgehead atoms. The van der Waals surface area contributed by atoms with E-state index in [0.717, 1.165) is 33.4 Å². The van der Waals surface area contributed by atoms with Crippen LogP contribution in [0.2, 0.25) is 0 Å². The summed E-state index contributed by atoms with van der Waals surface area (Å²) in [4.78, 5) is 25.6. The van der Waals surface area contributed by atoms with E-state index in [4.69, 9.17) is 28.4 Å². The Morgan fingerprint density at radius 2 is 0.943 bits per heavy atom. The molecule has 0 aliphatic carbocycles. The first-order chi connectivity index (χ1) is 24.5. The smallest absolute Gasteiger partial charge is 0.306 e. The molecular formula is C43H64O10. The molecule has 2 aromatic rings. The second-order valence-corrected chi connectivity index (χ2v) is 18.7. The number of aryl methyl sites for hydroxylation is 2. The number of benzene rings is 2. The number of rotatable bonds is 12. The molecule has 4 rings (SSSR count). The summed E-state index contributed by atoms with van der Waals surface area (Å²) in [6, 6.07) is 7.15. The summed E-state index contributed by atoms with van der Waals surface area (Å²) in [6.07, 6.45) is 0.343. The van der Waals surface area contributed by atoms with Gasteiger partial charge < -0.3 is 38.6 Å². The second kappa shape index (κ2) is 16.3. The molecule has 0 atom stereocenters. The highest BCUT2D eigenvalue weighted by Gasteiger charge is 2.48. The maximum Gasteiger partial charge on any atom is 0.306 e. The van der Waals surface area contributed by atoms with E-state index in [1.807, 2.05) is 53.7 Å². The molecule has 0 saturated carbocycles. The number of aromatic hydroxyl groups is 2. The Morgan fingerprint density at radius 1 is 0.623 bits per heavy atom. The fraction of sp³-hybridized carbons (Fsp3) is 0.674. The largest absolute Gasteiger partial charge is 0.508 e. The summed E-state index contributed by atoms with van der Waals surface area (Å²) in [5.74, 6) is -0.0549. The number of esters is 2. The van der Waals surface area contributed by atoms with Gasteiger partial charge in [0.25, 0.3) is 0 Å². The van der Waals surface area contributed by atoms with Gasteiger partial charge >= 0.3 is 11.9 Å². The van der Waals surface area contributed by atoms with Crippen LogP contribution in [0.1, 0.15) is 115 Å². The van der Waals surface area contributed by atoms with E-state index in [1.165, 1.54) is 0 Å². The Morgan fingerprint density at radius 3 is 1.25 bits per heavy atom. The van der Waals surface area contributed by atoms with Gasteiger partial charge in [-0.2, -0.15) is 0 Å². The van der Waals surface area contributed by atoms with Crippen LogP contribution < -0.4 is 0 Å². The molecule has 53 heavy (non-hydrogen) atoms. The molecule has 10 heteroatoms. The number of carbonyl (C=O) groups excluding carboxylic acids is 2. The first-order valence-electron chi connectivity index (χ1n) is 18.9. The van der Waals surface area contributed by atoms with Crippen LogP contribution in [-0.2, 0) is 61.7 Å². The van der Waals surface area contributed by atoms with E-state index < -0.39 is 28.8 Å². The molecular weight excluding hydrogens is 676 g/mol. The molecule has 2 aromatic carbocycles. The minimum Gasteiger partial charge on any atom is -0.508 e. The monoisotopic (exact) mass is 740 g/mol. The third-order valence-corrected chi connectivity index (χ3v) is 10.5. The van der Waals surface area contributed by atoms with E-state index >= 15 is 0 Å². The summed E-state index contributed by atoms with van der Waals surface area (Å²) in [5, 5.41) is 20.8. The summed E-state index contributed by atoms with van der Waals surface area (Å²) in [5.41, 5.74) is 3.73. The Hall–Kier alpha value is -3.18. The SMILES string of the molecule is Cc1c(CCC(=O)OCC(C)(C)C2OCC3(CO2)COC(C(C)(C)COC(=O)CCc2ccc(O)c(C(C)(C)C)c2C)OC3)ccc(O)c1C(C)(C)C. The van der Waals surface area contributed by atoms with Crippen molar-refractivity contribution in [1.82, 2.24) is 0 Å². The molecule has 1 spiro atoms. The van der Waals surface area contributed by atoms with Gasteiger partial charge in [-0.1, -0.05) is 81.4 Å². The van der Waals surface area contributed by atoms with Gasteiger partial charge in [-0.15, -0.1) is 0 Å². The van der Waals surface area contributed by atoms with Crippen molar-refractivity contribution in [3.63, 3.8) is 0 Å². The maximum absolute atomic E-state index is 12.8. The fourth-order valence-electron chi connectivity index (χ4n) is 7.46. The van der Waals surface area contributed by atoms with Crippen LogP contribution in [0.5, 0.6) is 11.5 Å². The lowest BCUT2D eigenvalue weighted by Crippen LogP contribution is -2.57. The molecule has 2 aliphatic rings. The number of phenolic OH excluding ortho intramolecular Hbond substituents is 2. The number of ether oxygens (including phenoxy) is 6. The molecule has 2 saturated heterocycles. The zero-order valence-electron chi connectivity index (χ0n) is 34.2. The Balaban J connectivity index is 1.19. The number of phenols is 2. The second-order valence-electron chi connectivity index (χ2n) is 18.7. The predicted octanol–water partition coefficient (Wildman–Crippen LogP) is 7.75. The van der Waals surface area contributed by atoms with Crippen LogP contribution in [-0.4, -0.2) is 74.4 Å². The fourth-order valence-corrected chi connectivity index (χ4v) is 7.46. The third-order valence-electron chi connectivity index (χ3n) is 10.5. The Bertz CT molecular complexity index is 1470. The van der Waals surface area contributed by atoms with Gasteiger partial charge in [-0.3, -0.25) is 9.59 Å². The van der Waals surface area contributed by atoms with Crippen LogP contribution in [0.3, 0.4) is 0 Å². The standard InChI is InChI=1S/C43H64O10/c1-27-29(13-17-31(44)35(27)39(3,4)5)15-19-33(46)48-21-41(9,10)37-50-23-43(24-51-37)25-52-38(53-26-43)42(11,12)22-49-34(47)20-16-30-14-18-32(45)36(28(30)2)40(6,7)8/h13-14,17-18,37-38,44-45H,15-16,19-26H2,1-12H3. The van der Waals surface area contributed by atoms with Crippen molar-refractivity contribution in [2.75, 3.05) is 39.6 Å². The van der Waals surface area contributed by atoms with Crippen LogP contribution in [0, 0.1) is 30.1 Å². The highest BCUT2D eigenvalue weighted by molar-refractivity contribution is 5.70. The van der Waals surface area contributed by atoms with E-state index in [9.17, 15) is 19.8 Å². The van der Waals surface area contributed by atoms with E-state index in [2.05, 4.69) is 41.5 Å². The van der Waals surface area contributed by atoms with E-state index in [1.54, 1.807) is 12.1 Å². The highest BCUT2D eigenvalue weighted by atomic mass is 16.7. The molecule has 296 valence electrons. The van der Waals surface area contributed by atoms with Crippen LogP contribution in [0.25, 0.3) is 0 Å². The average molecular weight is 741 g/mol. The van der Waals surface area contributed by atoms with Crippen molar-refractivity contribution in [1.29, 1.82) is 0 Å².